The van der Waals surface area contributed by atoms with Crippen LogP contribution < -0.4 is 0 Å². The van der Waals surface area contributed by atoms with Crippen LogP contribution >= 0.6 is 0 Å². The van der Waals surface area contributed by atoms with Crippen LogP contribution in [0.5, 0.6) is 0 Å². The van der Waals surface area contributed by atoms with Crippen LogP contribution in [0.3, 0.4) is 0 Å². The first-order valence-electron chi connectivity index (χ1n) is 4.56. The maximum Gasteiger partial charge on any atom is 0.0938 e. The largest absolute Gasteiger partial charge is 0.389 e. The molecule has 0 saturated carbocycles. The lowest BCUT2D eigenvalue weighted by molar-refractivity contribution is 0.00550. The minimum absolute atomic E-state index is 0.562. The Bertz CT molecular complexity index is 139. The second kappa shape index (κ2) is 3.30. The van der Waals surface area contributed by atoms with Gasteiger partial charge in [-0.2, -0.15) is 0 Å². The molecule has 2 aliphatic rings. The van der Waals surface area contributed by atoms with E-state index in [1.54, 1.807) is 0 Å². The van der Waals surface area contributed by atoms with Crippen LogP contribution in [0, 0.1) is 0 Å². The Morgan fingerprint density at radius 3 is 1.42 bits per heavy atom. The summed E-state index contributed by atoms with van der Waals surface area (Å²) in [6.07, 6.45) is -1.12. The van der Waals surface area contributed by atoms with E-state index in [1.807, 2.05) is 0 Å². The lowest BCUT2D eigenvalue weighted by Gasteiger charge is -2.18. The highest BCUT2D eigenvalue weighted by molar-refractivity contribution is 4.83. The molecule has 0 aliphatic carbocycles. The third kappa shape index (κ3) is 2.42. The number of hydrogen-bond acceptors (Lipinski definition) is 4. The van der Waals surface area contributed by atoms with E-state index in [2.05, 4.69) is 9.80 Å². The van der Waals surface area contributed by atoms with E-state index in [0.717, 1.165) is 26.2 Å². The molecule has 0 radical (unpaired) electrons. The summed E-state index contributed by atoms with van der Waals surface area (Å²) in [6, 6.07) is 0. The maximum absolute atomic E-state index is 9.49. The molecular weight excluding hydrogens is 156 g/mol. The lowest BCUT2D eigenvalue weighted by Crippen LogP contribution is -2.37. The normalized spacial score (nSPS) is 28.5. The van der Waals surface area contributed by atoms with Gasteiger partial charge in [-0.05, 0) is 0 Å². The Balaban J connectivity index is 1.65. The Morgan fingerprint density at radius 2 is 1.17 bits per heavy atom. The van der Waals surface area contributed by atoms with Crippen molar-refractivity contribution in [2.75, 3.05) is 39.3 Å². The van der Waals surface area contributed by atoms with Crippen molar-refractivity contribution in [1.29, 1.82) is 0 Å². The van der Waals surface area contributed by atoms with Crippen LogP contribution in [-0.2, 0) is 0 Å². The molecule has 0 spiro atoms. The zero-order valence-electron chi connectivity index (χ0n) is 7.19. The van der Waals surface area contributed by atoms with Crippen molar-refractivity contribution in [2.24, 2.45) is 0 Å². The van der Waals surface area contributed by atoms with E-state index in [0.29, 0.717) is 13.1 Å². The summed E-state index contributed by atoms with van der Waals surface area (Å²) in [5.74, 6) is 0. The number of aliphatic hydroxyl groups is 2. The van der Waals surface area contributed by atoms with E-state index in [4.69, 9.17) is 0 Å². The highest BCUT2D eigenvalue weighted by Gasteiger charge is 2.28. The van der Waals surface area contributed by atoms with E-state index in [-0.39, 0.29) is 0 Å². The monoisotopic (exact) mass is 172 g/mol. The molecule has 0 aromatic carbocycles. The predicted octanol–water partition coefficient (Wildman–Crippen LogP) is -1.66. The molecular formula is C8H16N2O2. The third-order valence-corrected chi connectivity index (χ3v) is 2.41. The van der Waals surface area contributed by atoms with Gasteiger partial charge in [0.05, 0.1) is 12.2 Å². The van der Waals surface area contributed by atoms with Gasteiger partial charge in [-0.25, -0.2) is 0 Å². The topological polar surface area (TPSA) is 46.5 Å². The van der Waals surface area contributed by atoms with E-state index in [1.165, 1.54) is 0 Å². The molecule has 2 aliphatic heterocycles. The molecule has 2 saturated heterocycles. The fourth-order valence-electron chi connectivity index (χ4n) is 1.28. The van der Waals surface area contributed by atoms with E-state index in [9.17, 15) is 10.2 Å². The fraction of sp³-hybridized carbons (Fsp3) is 1.00. The van der Waals surface area contributed by atoms with Crippen LogP contribution in [0.15, 0.2) is 0 Å². The number of rotatable bonds is 5. The van der Waals surface area contributed by atoms with Gasteiger partial charge in [0, 0.05) is 39.3 Å². The van der Waals surface area contributed by atoms with Gasteiger partial charge in [-0.3, -0.25) is 9.80 Å². The zero-order chi connectivity index (χ0) is 8.55. The fourth-order valence-corrected chi connectivity index (χ4v) is 1.28. The summed E-state index contributed by atoms with van der Waals surface area (Å²) < 4.78 is 0. The third-order valence-electron chi connectivity index (χ3n) is 2.41. The molecule has 2 rings (SSSR count). The first-order chi connectivity index (χ1) is 5.75. The first-order valence-corrected chi connectivity index (χ1v) is 4.56. The Hall–Kier alpha value is -0.160. The summed E-state index contributed by atoms with van der Waals surface area (Å²) in [7, 11) is 0. The summed E-state index contributed by atoms with van der Waals surface area (Å²) in [5.41, 5.74) is 0. The van der Waals surface area contributed by atoms with Crippen molar-refractivity contribution in [1.82, 2.24) is 9.80 Å². The number of aliphatic hydroxyl groups excluding tert-OH is 2. The molecule has 4 nitrogen and oxygen atoms in total. The maximum atomic E-state index is 9.49. The molecule has 2 fully saturated rings. The highest BCUT2D eigenvalue weighted by Crippen LogP contribution is 2.10. The van der Waals surface area contributed by atoms with Crippen molar-refractivity contribution in [2.45, 2.75) is 12.2 Å². The van der Waals surface area contributed by atoms with Gasteiger partial charge in [0.1, 0.15) is 0 Å². The minimum atomic E-state index is -0.562. The van der Waals surface area contributed by atoms with Crippen LogP contribution in [0.4, 0.5) is 0 Å². The van der Waals surface area contributed by atoms with Gasteiger partial charge in [0.2, 0.25) is 0 Å². The summed E-state index contributed by atoms with van der Waals surface area (Å²) in [5, 5.41) is 19.0. The Labute approximate surface area is 72.4 Å². The molecule has 0 aromatic rings. The van der Waals surface area contributed by atoms with Gasteiger partial charge >= 0.3 is 0 Å². The smallest absolute Gasteiger partial charge is 0.0938 e. The van der Waals surface area contributed by atoms with Crippen molar-refractivity contribution < 1.29 is 10.2 Å². The molecule has 2 N–H and O–H groups in total. The molecule has 12 heavy (non-hydrogen) atoms. The van der Waals surface area contributed by atoms with E-state index < -0.39 is 12.2 Å². The number of hydrogen-bond donors (Lipinski definition) is 2. The molecule has 0 aromatic heterocycles. The summed E-state index contributed by atoms with van der Waals surface area (Å²) >= 11 is 0. The molecule has 0 unspecified atom stereocenters. The lowest BCUT2D eigenvalue weighted by atomic mass is 10.2. The van der Waals surface area contributed by atoms with Gasteiger partial charge < -0.3 is 10.2 Å². The van der Waals surface area contributed by atoms with Gasteiger partial charge in [0.15, 0.2) is 0 Å². The predicted molar refractivity (Wildman–Crippen MR) is 44.9 cm³/mol. The van der Waals surface area contributed by atoms with Crippen LogP contribution in [0.1, 0.15) is 0 Å². The van der Waals surface area contributed by atoms with Gasteiger partial charge in [-0.1, -0.05) is 0 Å². The van der Waals surface area contributed by atoms with Crippen LogP contribution in [0.25, 0.3) is 0 Å². The highest BCUT2D eigenvalue weighted by atomic mass is 16.3. The average Bonchev–Trinajstić information content (AvgIpc) is 2.79. The van der Waals surface area contributed by atoms with Gasteiger partial charge in [0.25, 0.3) is 0 Å². The molecule has 70 valence electrons. The molecule has 2 heterocycles. The Kier molecular flexibility index (Phi) is 2.32. The zero-order valence-corrected chi connectivity index (χ0v) is 7.19. The second-order valence-electron chi connectivity index (χ2n) is 3.74. The van der Waals surface area contributed by atoms with Crippen LogP contribution in [-0.4, -0.2) is 71.5 Å². The first kappa shape index (κ1) is 8.44. The van der Waals surface area contributed by atoms with Crippen molar-refractivity contribution in [3.8, 4) is 0 Å². The minimum Gasteiger partial charge on any atom is -0.389 e. The van der Waals surface area contributed by atoms with Crippen molar-refractivity contribution in [3.05, 3.63) is 0 Å². The average molecular weight is 172 g/mol. The number of nitrogens with zero attached hydrogens (tertiary/aromatic N) is 2. The Morgan fingerprint density at radius 1 is 0.833 bits per heavy atom. The summed E-state index contributed by atoms with van der Waals surface area (Å²) in [6.45, 7) is 5.58. The standard InChI is InChI=1S/C8H16N2O2/c11-7(5-9-1-2-9)8(12)6-10-3-4-10/h7-8,11-12H,1-6H2/t7-,8-/m0/s1. The number of β-amino-alcohol motifs (C(OH)–C–C–N with tert-alkyl or cyclic N) is 2. The van der Waals surface area contributed by atoms with E-state index >= 15 is 0 Å². The van der Waals surface area contributed by atoms with Crippen LogP contribution in [0.2, 0.25) is 0 Å². The molecule has 2 atom stereocenters. The summed E-state index contributed by atoms with van der Waals surface area (Å²) in [4.78, 5) is 4.24. The molecule has 4 heteroatoms. The van der Waals surface area contributed by atoms with Crippen molar-refractivity contribution in [3.63, 3.8) is 0 Å². The second-order valence-corrected chi connectivity index (χ2v) is 3.74. The quantitative estimate of drug-likeness (QED) is 0.487. The molecule has 0 amide bonds. The molecule has 0 bridgehead atoms. The van der Waals surface area contributed by atoms with Crippen molar-refractivity contribution >= 4 is 0 Å². The SMILES string of the molecule is O[C@@H](CN1CC1)[C@@H](O)CN1CC1. The van der Waals surface area contributed by atoms with Gasteiger partial charge in [-0.15, -0.1) is 0 Å².